The lowest BCUT2D eigenvalue weighted by Crippen LogP contribution is -2.49. The van der Waals surface area contributed by atoms with Crippen molar-refractivity contribution in [3.63, 3.8) is 0 Å². The third kappa shape index (κ3) is 3.56. The number of amides is 2. The van der Waals surface area contributed by atoms with Crippen LogP contribution >= 0.6 is 11.8 Å². The number of carbonyl (C=O) groups is 3. The van der Waals surface area contributed by atoms with E-state index in [1.165, 1.54) is 6.92 Å². The van der Waals surface area contributed by atoms with E-state index in [4.69, 9.17) is 0 Å². The smallest absolute Gasteiger partial charge is 0.327 e. The summed E-state index contributed by atoms with van der Waals surface area (Å²) < 4.78 is 0. The quantitative estimate of drug-likeness (QED) is 0.835. The summed E-state index contributed by atoms with van der Waals surface area (Å²) in [6.45, 7) is 5.25. The molecule has 22 heavy (non-hydrogen) atoms. The van der Waals surface area contributed by atoms with Crippen molar-refractivity contribution in [1.82, 2.24) is 9.80 Å². The van der Waals surface area contributed by atoms with Crippen LogP contribution in [0.5, 0.6) is 0 Å². The molecule has 2 aliphatic rings. The predicted molar refractivity (Wildman–Crippen MR) is 84.7 cm³/mol. The number of rotatable bonds is 4. The van der Waals surface area contributed by atoms with Crippen molar-refractivity contribution in [1.29, 1.82) is 0 Å². The number of aliphatic carboxylic acids is 1. The van der Waals surface area contributed by atoms with Crippen LogP contribution in [0.25, 0.3) is 0 Å². The van der Waals surface area contributed by atoms with Crippen LogP contribution in [0.1, 0.15) is 33.1 Å². The molecule has 0 aromatic heterocycles. The molecule has 0 bridgehead atoms. The van der Waals surface area contributed by atoms with Crippen LogP contribution in [0, 0.1) is 5.92 Å². The van der Waals surface area contributed by atoms with Crippen molar-refractivity contribution >= 4 is 29.5 Å². The number of hydrogen-bond acceptors (Lipinski definition) is 4. The van der Waals surface area contributed by atoms with Gasteiger partial charge in [0.05, 0.1) is 0 Å². The number of piperidine rings is 1. The Morgan fingerprint density at radius 3 is 2.27 bits per heavy atom. The van der Waals surface area contributed by atoms with Crippen molar-refractivity contribution in [3.8, 4) is 0 Å². The van der Waals surface area contributed by atoms with E-state index in [9.17, 15) is 19.5 Å². The van der Waals surface area contributed by atoms with Crippen molar-refractivity contribution in [3.05, 3.63) is 0 Å². The van der Waals surface area contributed by atoms with Crippen molar-refractivity contribution < 1.29 is 19.5 Å². The van der Waals surface area contributed by atoms with Gasteiger partial charge in [-0.25, -0.2) is 4.79 Å². The average Bonchev–Trinajstić information content (AvgIpc) is 2.91. The molecule has 2 atom stereocenters. The molecule has 6 nitrogen and oxygen atoms in total. The van der Waals surface area contributed by atoms with Gasteiger partial charge in [-0.2, -0.15) is 11.8 Å². The lowest BCUT2D eigenvalue weighted by atomic mass is 9.95. The van der Waals surface area contributed by atoms with Gasteiger partial charge < -0.3 is 14.9 Å². The number of thioether (sulfide) groups is 1. The zero-order chi connectivity index (χ0) is 16.3. The summed E-state index contributed by atoms with van der Waals surface area (Å²) in [6, 6.07) is -0.705. The molecule has 0 radical (unpaired) electrons. The van der Waals surface area contributed by atoms with Crippen LogP contribution in [0.2, 0.25) is 0 Å². The first kappa shape index (κ1) is 17.1. The molecule has 0 spiro atoms. The van der Waals surface area contributed by atoms with Gasteiger partial charge in [-0.3, -0.25) is 9.59 Å². The topological polar surface area (TPSA) is 77.9 Å². The molecule has 2 aliphatic heterocycles. The third-order valence-electron chi connectivity index (χ3n) is 4.55. The number of carboxylic acid groups (broad SMARTS) is 1. The van der Waals surface area contributed by atoms with Crippen molar-refractivity contribution in [2.45, 2.75) is 44.4 Å². The Hall–Kier alpha value is -1.24. The van der Waals surface area contributed by atoms with Gasteiger partial charge in [-0.05, 0) is 25.0 Å². The molecular weight excluding hydrogens is 304 g/mol. The summed E-state index contributed by atoms with van der Waals surface area (Å²) in [5.41, 5.74) is 0. The van der Waals surface area contributed by atoms with Gasteiger partial charge in [0.1, 0.15) is 6.04 Å². The molecule has 2 fully saturated rings. The lowest BCUT2D eigenvalue weighted by Gasteiger charge is -2.34. The van der Waals surface area contributed by atoms with Gasteiger partial charge in [0.15, 0.2) is 0 Å². The SMILES string of the molecule is CCS[C@H]1CCN(C(=O)C2CCN(C(C)=O)CC2)[C@@H]1C(=O)O. The van der Waals surface area contributed by atoms with E-state index in [2.05, 4.69) is 0 Å². The Balaban J connectivity index is 2.00. The maximum Gasteiger partial charge on any atom is 0.327 e. The summed E-state index contributed by atoms with van der Waals surface area (Å²) in [6.07, 6.45) is 2.01. The Morgan fingerprint density at radius 1 is 1.14 bits per heavy atom. The van der Waals surface area contributed by atoms with E-state index >= 15 is 0 Å². The standard InChI is InChI=1S/C15H24N2O4S/c1-3-22-12-6-9-17(13(12)15(20)21)14(19)11-4-7-16(8-5-11)10(2)18/h11-13H,3-9H2,1-2H3,(H,20,21)/t12-,13-/m0/s1. The molecule has 2 amide bonds. The Bertz CT molecular complexity index is 449. The Labute approximate surface area is 135 Å². The summed E-state index contributed by atoms with van der Waals surface area (Å²) >= 11 is 1.62. The maximum absolute atomic E-state index is 12.7. The zero-order valence-electron chi connectivity index (χ0n) is 13.2. The van der Waals surface area contributed by atoms with Crippen molar-refractivity contribution in [2.75, 3.05) is 25.4 Å². The van der Waals surface area contributed by atoms with Crippen LogP contribution in [-0.2, 0) is 14.4 Å². The number of carboxylic acids is 1. The van der Waals surface area contributed by atoms with Crippen LogP contribution in [0.15, 0.2) is 0 Å². The van der Waals surface area contributed by atoms with Gasteiger partial charge in [0, 0.05) is 37.7 Å². The summed E-state index contributed by atoms with van der Waals surface area (Å²) in [5.74, 6) is -0.210. The molecule has 7 heteroatoms. The van der Waals surface area contributed by atoms with Gasteiger partial charge in [0.25, 0.3) is 0 Å². The lowest BCUT2D eigenvalue weighted by molar-refractivity contribution is -0.150. The van der Waals surface area contributed by atoms with Crippen LogP contribution in [0.4, 0.5) is 0 Å². The second kappa shape index (κ2) is 7.35. The first-order valence-corrected chi connectivity index (χ1v) is 8.91. The zero-order valence-corrected chi connectivity index (χ0v) is 14.0. The van der Waals surface area contributed by atoms with E-state index in [1.54, 1.807) is 21.6 Å². The number of hydrogen-bond donors (Lipinski definition) is 1. The molecule has 0 aromatic carbocycles. The highest BCUT2D eigenvalue weighted by Gasteiger charge is 2.44. The Kier molecular flexibility index (Phi) is 5.72. The van der Waals surface area contributed by atoms with Crippen LogP contribution in [-0.4, -0.2) is 69.4 Å². The molecule has 0 unspecified atom stereocenters. The number of nitrogens with zero attached hydrogens (tertiary/aromatic N) is 2. The monoisotopic (exact) mass is 328 g/mol. The van der Waals surface area contributed by atoms with Gasteiger partial charge in [-0.15, -0.1) is 0 Å². The fourth-order valence-corrected chi connectivity index (χ4v) is 4.51. The minimum absolute atomic E-state index is 0.0104. The molecule has 124 valence electrons. The van der Waals surface area contributed by atoms with Crippen molar-refractivity contribution in [2.24, 2.45) is 5.92 Å². The fourth-order valence-electron chi connectivity index (χ4n) is 3.37. The maximum atomic E-state index is 12.7. The molecular formula is C15H24N2O4S. The molecule has 2 rings (SSSR count). The van der Waals surface area contributed by atoms with E-state index in [1.807, 2.05) is 6.92 Å². The number of likely N-dealkylation sites (tertiary alicyclic amines) is 2. The van der Waals surface area contributed by atoms with E-state index in [0.29, 0.717) is 32.5 Å². The average molecular weight is 328 g/mol. The predicted octanol–water partition coefficient (Wildman–Crippen LogP) is 1.05. The number of carbonyl (C=O) groups excluding carboxylic acids is 2. The largest absolute Gasteiger partial charge is 0.480 e. The highest BCUT2D eigenvalue weighted by molar-refractivity contribution is 7.99. The molecule has 2 saturated heterocycles. The fraction of sp³-hybridized carbons (Fsp3) is 0.800. The summed E-state index contributed by atoms with van der Waals surface area (Å²) in [7, 11) is 0. The highest BCUT2D eigenvalue weighted by atomic mass is 32.2. The first-order valence-electron chi connectivity index (χ1n) is 7.86. The molecule has 0 aliphatic carbocycles. The van der Waals surface area contributed by atoms with Crippen LogP contribution in [0.3, 0.4) is 0 Å². The minimum atomic E-state index is -0.905. The third-order valence-corrected chi connectivity index (χ3v) is 5.80. The normalized spacial score (nSPS) is 26.3. The van der Waals surface area contributed by atoms with E-state index < -0.39 is 12.0 Å². The molecule has 0 saturated carbocycles. The summed E-state index contributed by atoms with van der Waals surface area (Å²) in [5, 5.41) is 9.47. The van der Waals surface area contributed by atoms with Crippen LogP contribution < -0.4 is 0 Å². The van der Waals surface area contributed by atoms with Gasteiger partial charge >= 0.3 is 5.97 Å². The molecule has 1 N–H and O–H groups in total. The summed E-state index contributed by atoms with van der Waals surface area (Å²) in [4.78, 5) is 38.9. The van der Waals surface area contributed by atoms with Gasteiger partial charge in [0.2, 0.25) is 11.8 Å². The van der Waals surface area contributed by atoms with E-state index in [0.717, 1.165) is 12.2 Å². The van der Waals surface area contributed by atoms with E-state index in [-0.39, 0.29) is 23.0 Å². The first-order chi connectivity index (χ1) is 10.5. The Morgan fingerprint density at radius 2 is 1.77 bits per heavy atom. The second-order valence-electron chi connectivity index (χ2n) is 5.88. The molecule has 2 heterocycles. The molecule has 0 aromatic rings. The minimum Gasteiger partial charge on any atom is -0.480 e. The van der Waals surface area contributed by atoms with Gasteiger partial charge in [-0.1, -0.05) is 6.92 Å². The second-order valence-corrected chi connectivity index (χ2v) is 7.39. The highest BCUT2D eigenvalue weighted by Crippen LogP contribution is 2.32.